The third kappa shape index (κ3) is 2.49. The predicted octanol–water partition coefficient (Wildman–Crippen LogP) is 2.43. The summed E-state index contributed by atoms with van der Waals surface area (Å²) in [5.74, 6) is 2.05. The summed E-state index contributed by atoms with van der Waals surface area (Å²) >= 11 is 0. The smallest absolute Gasteiger partial charge is 0.281 e. The molecule has 4 aromatic rings. The maximum Gasteiger partial charge on any atom is 0.281 e. The van der Waals surface area contributed by atoms with Crippen LogP contribution in [-0.2, 0) is 0 Å². The molecule has 8 nitrogen and oxygen atoms in total. The minimum atomic E-state index is -0.367. The van der Waals surface area contributed by atoms with Crippen LogP contribution < -0.4 is 24.5 Å². The number of fused-ring (bicyclic) bond motifs is 5. The fraction of sp³-hybridized carbons (Fsp3) is 0.211. The van der Waals surface area contributed by atoms with Crippen LogP contribution in [0.3, 0.4) is 0 Å². The van der Waals surface area contributed by atoms with Gasteiger partial charge in [0.05, 0.1) is 44.9 Å². The number of rotatable bonds is 4. The molecule has 0 N–H and O–H groups in total. The van der Waals surface area contributed by atoms with E-state index in [0.29, 0.717) is 50.5 Å². The van der Waals surface area contributed by atoms with Gasteiger partial charge in [0, 0.05) is 17.5 Å². The predicted molar refractivity (Wildman–Crippen MR) is 100 cm³/mol. The summed E-state index contributed by atoms with van der Waals surface area (Å²) < 4.78 is 23.1. The van der Waals surface area contributed by atoms with E-state index in [9.17, 15) is 4.79 Å². The van der Waals surface area contributed by atoms with Gasteiger partial charge >= 0.3 is 0 Å². The van der Waals surface area contributed by atoms with Crippen LogP contribution in [0.5, 0.6) is 23.0 Å². The lowest BCUT2D eigenvalue weighted by atomic mass is 10.2. The lowest BCUT2D eigenvalue weighted by molar-refractivity contribution is 0.355. The molecule has 8 heteroatoms. The Kier molecular flexibility index (Phi) is 3.95. The minimum Gasteiger partial charge on any atom is -0.493 e. The highest BCUT2D eigenvalue weighted by atomic mass is 16.5. The van der Waals surface area contributed by atoms with E-state index in [4.69, 9.17) is 18.9 Å². The number of benzene rings is 2. The van der Waals surface area contributed by atoms with E-state index in [1.807, 2.05) is 0 Å². The molecule has 0 bridgehead atoms. The lowest BCUT2D eigenvalue weighted by Crippen LogP contribution is -2.12. The van der Waals surface area contributed by atoms with Gasteiger partial charge < -0.3 is 18.9 Å². The Hall–Kier alpha value is -3.55. The molecule has 0 saturated carbocycles. The highest BCUT2D eigenvalue weighted by Gasteiger charge is 2.15. The summed E-state index contributed by atoms with van der Waals surface area (Å²) in [6.45, 7) is 0. The molecule has 0 spiro atoms. The third-order valence-corrected chi connectivity index (χ3v) is 4.48. The van der Waals surface area contributed by atoms with Gasteiger partial charge in [-0.2, -0.15) is 4.98 Å². The van der Waals surface area contributed by atoms with Crippen molar-refractivity contribution in [1.29, 1.82) is 0 Å². The highest BCUT2D eigenvalue weighted by molar-refractivity contribution is 5.96. The minimum absolute atomic E-state index is 0.367. The van der Waals surface area contributed by atoms with E-state index in [-0.39, 0.29) is 5.56 Å². The van der Waals surface area contributed by atoms with Crippen molar-refractivity contribution in [1.82, 2.24) is 14.4 Å². The van der Waals surface area contributed by atoms with Gasteiger partial charge in [-0.05, 0) is 12.1 Å². The standard InChI is InChI=1S/C19H17N3O5/c1-24-14-5-10-12(7-16(14)26-3)20-9-22-13-8-17(27-4)15(25-2)6-11(13)19(23)21-18(10)22/h5-9H,1-4H3. The molecule has 27 heavy (non-hydrogen) atoms. The molecule has 0 aliphatic heterocycles. The van der Waals surface area contributed by atoms with E-state index >= 15 is 0 Å². The molecular formula is C19H17N3O5. The second-order valence-electron chi connectivity index (χ2n) is 5.80. The van der Waals surface area contributed by atoms with Gasteiger partial charge in [-0.25, -0.2) is 4.98 Å². The van der Waals surface area contributed by atoms with Crippen LogP contribution >= 0.6 is 0 Å². The Bertz CT molecular complexity index is 1250. The first kappa shape index (κ1) is 16.9. The van der Waals surface area contributed by atoms with Gasteiger partial charge in [-0.3, -0.25) is 9.20 Å². The second-order valence-corrected chi connectivity index (χ2v) is 5.80. The molecular weight excluding hydrogens is 350 g/mol. The zero-order valence-corrected chi connectivity index (χ0v) is 15.3. The first-order valence-electron chi connectivity index (χ1n) is 8.10. The molecule has 0 amide bonds. The van der Waals surface area contributed by atoms with Gasteiger partial charge in [-0.15, -0.1) is 0 Å². The largest absolute Gasteiger partial charge is 0.493 e. The van der Waals surface area contributed by atoms with Crippen molar-refractivity contribution < 1.29 is 18.9 Å². The number of hydrogen-bond acceptors (Lipinski definition) is 7. The van der Waals surface area contributed by atoms with E-state index in [1.54, 1.807) is 56.3 Å². The fourth-order valence-electron chi connectivity index (χ4n) is 3.14. The first-order chi connectivity index (χ1) is 13.1. The second kappa shape index (κ2) is 6.31. The maximum atomic E-state index is 12.7. The fourth-order valence-corrected chi connectivity index (χ4v) is 3.14. The summed E-state index contributed by atoms with van der Waals surface area (Å²) in [5.41, 5.74) is 1.35. The normalized spacial score (nSPS) is 11.1. The molecule has 0 aliphatic carbocycles. The summed E-state index contributed by atoms with van der Waals surface area (Å²) in [4.78, 5) is 21.4. The number of hydrogen-bond donors (Lipinski definition) is 0. The van der Waals surface area contributed by atoms with Crippen molar-refractivity contribution in [2.45, 2.75) is 0 Å². The number of nitrogens with zero attached hydrogens (tertiary/aromatic N) is 3. The average Bonchev–Trinajstić information content (AvgIpc) is 2.71. The van der Waals surface area contributed by atoms with Gasteiger partial charge in [0.1, 0.15) is 6.33 Å². The Morgan fingerprint density at radius 2 is 1.33 bits per heavy atom. The van der Waals surface area contributed by atoms with Crippen molar-refractivity contribution in [3.05, 3.63) is 40.9 Å². The Morgan fingerprint density at radius 1 is 0.778 bits per heavy atom. The van der Waals surface area contributed by atoms with Crippen LogP contribution in [0.25, 0.3) is 27.5 Å². The van der Waals surface area contributed by atoms with Crippen LogP contribution in [0.1, 0.15) is 0 Å². The number of methoxy groups -OCH3 is 4. The van der Waals surface area contributed by atoms with E-state index in [0.717, 1.165) is 0 Å². The molecule has 138 valence electrons. The van der Waals surface area contributed by atoms with Gasteiger partial charge in [0.2, 0.25) is 0 Å². The monoisotopic (exact) mass is 367 g/mol. The molecule has 4 rings (SSSR count). The molecule has 0 aliphatic rings. The van der Waals surface area contributed by atoms with Crippen molar-refractivity contribution in [3.63, 3.8) is 0 Å². The van der Waals surface area contributed by atoms with Gasteiger partial charge in [0.25, 0.3) is 5.56 Å². The SMILES string of the molecule is COc1cc2ncn3c4cc(OC)c(OC)cc4c(=O)nc3c2cc1OC. The summed E-state index contributed by atoms with van der Waals surface area (Å²) in [7, 11) is 6.17. The van der Waals surface area contributed by atoms with Crippen LogP contribution in [0.15, 0.2) is 35.4 Å². The topological polar surface area (TPSA) is 84.2 Å². The van der Waals surface area contributed by atoms with Gasteiger partial charge in [0.15, 0.2) is 28.6 Å². The van der Waals surface area contributed by atoms with Crippen LogP contribution in [0, 0.1) is 0 Å². The number of aromatic nitrogens is 3. The quantitative estimate of drug-likeness (QED) is 0.512. The first-order valence-corrected chi connectivity index (χ1v) is 8.10. The zero-order valence-electron chi connectivity index (χ0n) is 15.3. The van der Waals surface area contributed by atoms with E-state index in [1.165, 1.54) is 7.11 Å². The maximum absolute atomic E-state index is 12.7. The van der Waals surface area contributed by atoms with Crippen molar-refractivity contribution >= 4 is 27.5 Å². The Labute approximate surface area is 153 Å². The Morgan fingerprint density at radius 3 is 1.96 bits per heavy atom. The number of ether oxygens (including phenoxy) is 4. The van der Waals surface area contributed by atoms with E-state index in [2.05, 4.69) is 9.97 Å². The summed E-state index contributed by atoms with van der Waals surface area (Å²) in [5, 5.41) is 1.08. The van der Waals surface area contributed by atoms with Crippen molar-refractivity contribution in [2.75, 3.05) is 28.4 Å². The van der Waals surface area contributed by atoms with Crippen LogP contribution in [0.2, 0.25) is 0 Å². The molecule has 2 aromatic carbocycles. The van der Waals surface area contributed by atoms with Crippen LogP contribution in [0.4, 0.5) is 0 Å². The van der Waals surface area contributed by atoms with Gasteiger partial charge in [-0.1, -0.05) is 0 Å². The summed E-state index contributed by atoms with van der Waals surface area (Å²) in [6.07, 6.45) is 1.62. The van der Waals surface area contributed by atoms with Crippen molar-refractivity contribution in [2.24, 2.45) is 0 Å². The lowest BCUT2D eigenvalue weighted by Gasteiger charge is -2.13. The zero-order chi connectivity index (χ0) is 19.1. The molecule has 2 aromatic heterocycles. The molecule has 0 fully saturated rings. The molecule has 0 saturated heterocycles. The Balaban J connectivity index is 2.17. The molecule has 0 atom stereocenters. The van der Waals surface area contributed by atoms with Crippen molar-refractivity contribution in [3.8, 4) is 23.0 Å². The summed E-state index contributed by atoms with van der Waals surface area (Å²) in [6, 6.07) is 6.86. The third-order valence-electron chi connectivity index (χ3n) is 4.48. The van der Waals surface area contributed by atoms with Crippen LogP contribution in [-0.4, -0.2) is 42.8 Å². The molecule has 0 unspecified atom stereocenters. The van der Waals surface area contributed by atoms with E-state index < -0.39 is 0 Å². The highest BCUT2D eigenvalue weighted by Crippen LogP contribution is 2.34. The average molecular weight is 367 g/mol. The molecule has 0 radical (unpaired) electrons. The molecule has 2 heterocycles.